The summed E-state index contributed by atoms with van der Waals surface area (Å²) in [6, 6.07) is 19.8. The number of amides is 1. The van der Waals surface area contributed by atoms with Gasteiger partial charge in [-0.25, -0.2) is 9.37 Å². The van der Waals surface area contributed by atoms with Crippen LogP contribution in [0.25, 0.3) is 34.0 Å². The van der Waals surface area contributed by atoms with E-state index in [4.69, 9.17) is 8.83 Å². The Hall–Kier alpha value is -4.26. The maximum absolute atomic E-state index is 13.1. The lowest BCUT2D eigenvalue weighted by molar-refractivity contribution is 0.0997. The molecule has 6 nitrogen and oxygen atoms in total. The second kappa shape index (κ2) is 7.29. The number of nitrogens with one attached hydrogen (secondary N) is 1. The van der Waals surface area contributed by atoms with Crippen LogP contribution >= 0.6 is 0 Å². The first-order valence-electron chi connectivity index (χ1n) is 9.15. The molecule has 0 aliphatic carbocycles. The number of hydrogen-bond donors (Lipinski definition) is 1. The fraction of sp³-hybridized carbons (Fsp3) is 0. The number of anilines is 1. The molecule has 2 aromatic carbocycles. The molecule has 1 N–H and O–H groups in total. The SMILES string of the molecule is O=C(Nc1cccc(-c2nc3ncccc3o2)c1)c1ccc(-c2ccc(F)cc2)o1. The first-order valence-corrected chi connectivity index (χ1v) is 9.15. The van der Waals surface area contributed by atoms with Gasteiger partial charge in [0.25, 0.3) is 5.91 Å². The Morgan fingerprint density at radius 3 is 2.60 bits per heavy atom. The molecule has 1 amide bonds. The summed E-state index contributed by atoms with van der Waals surface area (Å²) >= 11 is 0. The minimum atomic E-state index is -0.403. The second-order valence-electron chi connectivity index (χ2n) is 6.55. The lowest BCUT2D eigenvalue weighted by Gasteiger charge is -2.04. The first-order chi connectivity index (χ1) is 14.7. The highest BCUT2D eigenvalue weighted by atomic mass is 19.1. The van der Waals surface area contributed by atoms with Gasteiger partial charge in [-0.3, -0.25) is 4.79 Å². The Balaban J connectivity index is 1.36. The number of hydrogen-bond acceptors (Lipinski definition) is 5. The highest BCUT2D eigenvalue weighted by molar-refractivity contribution is 6.02. The van der Waals surface area contributed by atoms with Crippen molar-refractivity contribution in [2.75, 3.05) is 5.32 Å². The van der Waals surface area contributed by atoms with E-state index in [1.165, 1.54) is 12.1 Å². The summed E-state index contributed by atoms with van der Waals surface area (Å²) in [5.74, 6) is 0.299. The molecule has 0 bridgehead atoms. The smallest absolute Gasteiger partial charge is 0.291 e. The number of fused-ring (bicyclic) bond motifs is 1. The Labute approximate surface area is 170 Å². The molecular weight excluding hydrogens is 385 g/mol. The average molecular weight is 399 g/mol. The monoisotopic (exact) mass is 399 g/mol. The summed E-state index contributed by atoms with van der Waals surface area (Å²) in [6.45, 7) is 0. The summed E-state index contributed by atoms with van der Waals surface area (Å²) < 4.78 is 24.4. The molecule has 0 saturated heterocycles. The molecule has 5 rings (SSSR count). The van der Waals surface area contributed by atoms with Crippen LogP contribution in [0.1, 0.15) is 10.6 Å². The van der Waals surface area contributed by atoms with Gasteiger partial charge < -0.3 is 14.2 Å². The molecule has 0 fully saturated rings. The van der Waals surface area contributed by atoms with E-state index in [2.05, 4.69) is 15.3 Å². The number of halogens is 1. The number of oxazole rings is 1. The highest BCUT2D eigenvalue weighted by Gasteiger charge is 2.14. The quantitative estimate of drug-likeness (QED) is 0.429. The Bertz CT molecular complexity index is 1320. The summed E-state index contributed by atoms with van der Waals surface area (Å²) in [7, 11) is 0. The third-order valence-electron chi connectivity index (χ3n) is 4.49. The Kier molecular flexibility index (Phi) is 4.33. The number of furan rings is 1. The van der Waals surface area contributed by atoms with Gasteiger partial charge in [0, 0.05) is 23.0 Å². The van der Waals surface area contributed by atoms with E-state index >= 15 is 0 Å². The molecule has 7 heteroatoms. The van der Waals surface area contributed by atoms with Crippen LogP contribution < -0.4 is 5.32 Å². The van der Waals surface area contributed by atoms with E-state index in [1.807, 2.05) is 6.07 Å². The van der Waals surface area contributed by atoms with Gasteiger partial charge in [-0.15, -0.1) is 0 Å². The van der Waals surface area contributed by atoms with Crippen molar-refractivity contribution < 1.29 is 18.0 Å². The molecule has 5 aromatic rings. The normalized spacial score (nSPS) is 11.0. The lowest BCUT2D eigenvalue weighted by Crippen LogP contribution is -2.10. The molecule has 3 heterocycles. The van der Waals surface area contributed by atoms with Crippen LogP contribution in [0.2, 0.25) is 0 Å². The largest absolute Gasteiger partial charge is 0.451 e. The van der Waals surface area contributed by atoms with Crippen molar-refractivity contribution in [1.82, 2.24) is 9.97 Å². The highest BCUT2D eigenvalue weighted by Crippen LogP contribution is 2.26. The van der Waals surface area contributed by atoms with Crippen LogP contribution in [0.4, 0.5) is 10.1 Å². The van der Waals surface area contributed by atoms with Crippen molar-refractivity contribution in [3.05, 3.63) is 90.6 Å². The molecule has 0 aliphatic heterocycles. The van der Waals surface area contributed by atoms with E-state index in [9.17, 15) is 9.18 Å². The fourth-order valence-electron chi connectivity index (χ4n) is 3.04. The molecule has 0 radical (unpaired) electrons. The number of pyridine rings is 1. The lowest BCUT2D eigenvalue weighted by atomic mass is 10.2. The van der Waals surface area contributed by atoms with Crippen molar-refractivity contribution in [3.8, 4) is 22.8 Å². The Morgan fingerprint density at radius 1 is 0.900 bits per heavy atom. The van der Waals surface area contributed by atoms with Gasteiger partial charge in [-0.2, -0.15) is 4.98 Å². The van der Waals surface area contributed by atoms with Crippen molar-refractivity contribution in [3.63, 3.8) is 0 Å². The van der Waals surface area contributed by atoms with Crippen LogP contribution in [0.3, 0.4) is 0 Å². The van der Waals surface area contributed by atoms with Crippen molar-refractivity contribution in [1.29, 1.82) is 0 Å². The zero-order valence-electron chi connectivity index (χ0n) is 15.5. The summed E-state index contributed by atoms with van der Waals surface area (Å²) in [4.78, 5) is 21.1. The first kappa shape index (κ1) is 17.8. The molecule has 0 unspecified atom stereocenters. The second-order valence-corrected chi connectivity index (χ2v) is 6.55. The van der Waals surface area contributed by atoms with Gasteiger partial charge in [-0.05, 0) is 66.7 Å². The molecule has 0 spiro atoms. The Morgan fingerprint density at radius 2 is 1.77 bits per heavy atom. The maximum atomic E-state index is 13.1. The number of carbonyl (C=O) groups excluding carboxylic acids is 1. The van der Waals surface area contributed by atoms with Gasteiger partial charge >= 0.3 is 0 Å². The molecule has 30 heavy (non-hydrogen) atoms. The van der Waals surface area contributed by atoms with E-state index in [0.717, 1.165) is 0 Å². The van der Waals surface area contributed by atoms with Crippen LogP contribution in [0, 0.1) is 5.82 Å². The minimum absolute atomic E-state index is 0.144. The zero-order chi connectivity index (χ0) is 20.5. The number of rotatable bonds is 4. The summed E-state index contributed by atoms with van der Waals surface area (Å²) in [5.41, 5.74) is 3.06. The van der Waals surface area contributed by atoms with Crippen LogP contribution in [0.5, 0.6) is 0 Å². The average Bonchev–Trinajstić information content (AvgIpc) is 3.42. The molecule has 146 valence electrons. The van der Waals surface area contributed by atoms with Crippen molar-refractivity contribution in [2.24, 2.45) is 0 Å². The number of benzene rings is 2. The summed E-state index contributed by atoms with van der Waals surface area (Å²) in [5, 5.41) is 2.80. The van der Waals surface area contributed by atoms with Crippen molar-refractivity contribution in [2.45, 2.75) is 0 Å². The zero-order valence-corrected chi connectivity index (χ0v) is 15.5. The third kappa shape index (κ3) is 3.44. The van der Waals surface area contributed by atoms with Crippen molar-refractivity contribution >= 4 is 22.8 Å². The van der Waals surface area contributed by atoms with E-state index in [1.54, 1.807) is 60.8 Å². The maximum Gasteiger partial charge on any atom is 0.291 e. The molecule has 0 aliphatic rings. The van der Waals surface area contributed by atoms with Gasteiger partial charge in [0.2, 0.25) is 5.89 Å². The molecule has 3 aromatic heterocycles. The number of carbonyl (C=O) groups is 1. The van der Waals surface area contributed by atoms with E-state index < -0.39 is 5.91 Å². The van der Waals surface area contributed by atoms with Crippen LogP contribution in [-0.4, -0.2) is 15.9 Å². The summed E-state index contributed by atoms with van der Waals surface area (Å²) in [6.07, 6.45) is 1.65. The van der Waals surface area contributed by atoms with Gasteiger partial charge in [0.1, 0.15) is 11.6 Å². The standard InChI is InChI=1S/C23H14FN3O3/c24-16-8-6-14(7-9-16)18-10-11-20(29-18)22(28)26-17-4-1-3-15(13-17)23-27-21-19(30-23)5-2-12-25-21/h1-13H,(H,26,28). The number of nitrogens with zero attached hydrogens (tertiary/aromatic N) is 2. The van der Waals surface area contributed by atoms with Crippen LogP contribution in [-0.2, 0) is 0 Å². The van der Waals surface area contributed by atoms with Gasteiger partial charge in [0.15, 0.2) is 17.0 Å². The fourth-order valence-corrected chi connectivity index (χ4v) is 3.04. The predicted octanol–water partition coefficient (Wildman–Crippen LogP) is 5.54. The van der Waals surface area contributed by atoms with Crippen LogP contribution in [0.15, 0.2) is 87.8 Å². The van der Waals surface area contributed by atoms with Gasteiger partial charge in [-0.1, -0.05) is 6.07 Å². The minimum Gasteiger partial charge on any atom is -0.451 e. The molecule has 0 atom stereocenters. The van der Waals surface area contributed by atoms with E-state index in [-0.39, 0.29) is 11.6 Å². The van der Waals surface area contributed by atoms with E-state index in [0.29, 0.717) is 39.7 Å². The topological polar surface area (TPSA) is 81.2 Å². The van der Waals surface area contributed by atoms with Gasteiger partial charge in [0.05, 0.1) is 0 Å². The predicted molar refractivity (Wildman–Crippen MR) is 109 cm³/mol. The number of aromatic nitrogens is 2. The molecular formula is C23H14FN3O3. The third-order valence-corrected chi connectivity index (χ3v) is 4.49. The molecule has 0 saturated carbocycles.